The molecule has 0 radical (unpaired) electrons. The number of carbonyl (C=O) groups excluding carboxylic acids is 1. The molecule has 1 saturated heterocycles. The van der Waals surface area contributed by atoms with Crippen molar-refractivity contribution in [2.75, 3.05) is 31.1 Å². The maximum Gasteiger partial charge on any atom is 0.223 e. The van der Waals surface area contributed by atoms with Crippen LogP contribution >= 0.6 is 11.3 Å². The fourth-order valence-electron chi connectivity index (χ4n) is 2.73. The summed E-state index contributed by atoms with van der Waals surface area (Å²) in [5.41, 5.74) is 1.64. The van der Waals surface area contributed by atoms with Crippen molar-refractivity contribution >= 4 is 22.4 Å². The van der Waals surface area contributed by atoms with E-state index in [1.807, 2.05) is 17.2 Å². The van der Waals surface area contributed by atoms with Crippen molar-refractivity contribution in [3.8, 4) is 0 Å². The van der Waals surface area contributed by atoms with Gasteiger partial charge in [0.25, 0.3) is 0 Å². The molecule has 1 aliphatic rings. The molecule has 0 N–H and O–H groups in total. The highest BCUT2D eigenvalue weighted by Gasteiger charge is 2.22. The van der Waals surface area contributed by atoms with E-state index in [0.717, 1.165) is 23.9 Å². The molecule has 1 aromatic heterocycles. The predicted octanol–water partition coefficient (Wildman–Crippen LogP) is 2.87. The van der Waals surface area contributed by atoms with Gasteiger partial charge in [0.1, 0.15) is 5.82 Å². The molecule has 1 aliphatic heterocycles. The Bertz CT molecular complexity index is 680. The Hall–Kier alpha value is -1.95. The lowest BCUT2D eigenvalue weighted by Gasteiger charge is -2.34. The van der Waals surface area contributed by atoms with Crippen LogP contribution in [-0.2, 0) is 11.2 Å². The van der Waals surface area contributed by atoms with E-state index in [1.165, 1.54) is 6.07 Å². The molecule has 0 unspecified atom stereocenters. The quantitative estimate of drug-likeness (QED) is 0.863. The van der Waals surface area contributed by atoms with Crippen LogP contribution < -0.4 is 4.90 Å². The third-order valence-corrected chi connectivity index (χ3v) is 5.10. The van der Waals surface area contributed by atoms with E-state index in [9.17, 15) is 9.18 Å². The molecule has 6 heteroatoms. The largest absolute Gasteiger partial charge is 0.345 e. The van der Waals surface area contributed by atoms with Gasteiger partial charge < -0.3 is 9.80 Å². The van der Waals surface area contributed by atoms with Gasteiger partial charge in [-0.2, -0.15) is 0 Å². The highest BCUT2D eigenvalue weighted by Crippen LogP contribution is 2.21. The smallest absolute Gasteiger partial charge is 0.223 e. The van der Waals surface area contributed by atoms with Crippen molar-refractivity contribution in [2.24, 2.45) is 0 Å². The van der Waals surface area contributed by atoms with Gasteiger partial charge >= 0.3 is 0 Å². The van der Waals surface area contributed by atoms with Crippen LogP contribution in [0, 0.1) is 12.7 Å². The second kappa shape index (κ2) is 7.08. The predicted molar refractivity (Wildman–Crippen MR) is 90.4 cm³/mol. The van der Waals surface area contributed by atoms with Gasteiger partial charge in [-0.15, -0.1) is 11.3 Å². The summed E-state index contributed by atoms with van der Waals surface area (Å²) in [5, 5.41) is 3.07. The van der Waals surface area contributed by atoms with E-state index in [1.54, 1.807) is 29.5 Å². The minimum atomic E-state index is -0.232. The number of hydrogen-bond donors (Lipinski definition) is 0. The molecule has 1 aromatic carbocycles. The number of amides is 1. The number of piperazine rings is 1. The normalized spacial score (nSPS) is 15.0. The zero-order valence-electron chi connectivity index (χ0n) is 13.2. The van der Waals surface area contributed by atoms with Crippen LogP contribution in [0.3, 0.4) is 0 Å². The Morgan fingerprint density at radius 3 is 2.65 bits per heavy atom. The zero-order chi connectivity index (χ0) is 16.2. The summed E-state index contributed by atoms with van der Waals surface area (Å²) >= 11 is 1.64. The molecule has 0 saturated carbocycles. The molecule has 4 nitrogen and oxygen atoms in total. The molecule has 1 amide bonds. The fourth-order valence-corrected chi connectivity index (χ4v) is 3.59. The lowest BCUT2D eigenvalue weighted by atomic mass is 10.1. The number of carbonyl (C=O) groups is 1. The van der Waals surface area contributed by atoms with Gasteiger partial charge in [0.2, 0.25) is 5.91 Å². The van der Waals surface area contributed by atoms with Gasteiger partial charge in [-0.3, -0.25) is 4.79 Å². The lowest BCUT2D eigenvalue weighted by Crippen LogP contribution is -2.48. The molecule has 0 spiro atoms. The van der Waals surface area contributed by atoms with Crippen LogP contribution in [0.5, 0.6) is 0 Å². The first-order chi connectivity index (χ1) is 11.1. The highest BCUT2D eigenvalue weighted by atomic mass is 32.1. The van der Waals surface area contributed by atoms with Crippen molar-refractivity contribution in [3.63, 3.8) is 0 Å². The van der Waals surface area contributed by atoms with Crippen LogP contribution in [0.1, 0.15) is 17.7 Å². The highest BCUT2D eigenvalue weighted by molar-refractivity contribution is 7.13. The van der Waals surface area contributed by atoms with E-state index in [-0.39, 0.29) is 11.7 Å². The number of thiazole rings is 1. The maximum atomic E-state index is 13.6. The van der Waals surface area contributed by atoms with Crippen molar-refractivity contribution < 1.29 is 9.18 Å². The summed E-state index contributed by atoms with van der Waals surface area (Å²) in [6.45, 7) is 5.00. The third kappa shape index (κ3) is 3.88. The average molecular weight is 333 g/mol. The molecule has 2 heterocycles. The Labute approximate surface area is 139 Å². The van der Waals surface area contributed by atoms with Crippen molar-refractivity contribution in [2.45, 2.75) is 19.8 Å². The lowest BCUT2D eigenvalue weighted by molar-refractivity contribution is -0.131. The van der Waals surface area contributed by atoms with E-state index < -0.39 is 0 Å². The number of rotatable bonds is 4. The maximum absolute atomic E-state index is 13.6. The number of hydrogen-bond acceptors (Lipinski definition) is 4. The van der Waals surface area contributed by atoms with Crippen LogP contribution in [-0.4, -0.2) is 42.0 Å². The minimum absolute atomic E-state index is 0.100. The molecule has 0 aliphatic carbocycles. The summed E-state index contributed by atoms with van der Waals surface area (Å²) < 4.78 is 13.6. The Kier molecular flexibility index (Phi) is 4.91. The Morgan fingerprint density at radius 1 is 1.26 bits per heavy atom. The molecule has 2 aromatic rings. The summed E-state index contributed by atoms with van der Waals surface area (Å²) in [4.78, 5) is 20.9. The van der Waals surface area contributed by atoms with Crippen LogP contribution in [0.15, 0.2) is 29.6 Å². The molecule has 0 bridgehead atoms. The average Bonchev–Trinajstić information content (AvgIpc) is 3.00. The fraction of sp³-hybridized carbons (Fsp3) is 0.412. The number of halogens is 1. The number of anilines is 1. The summed E-state index contributed by atoms with van der Waals surface area (Å²) in [6, 6.07) is 6.65. The SMILES string of the molecule is Cc1csc(N2CCN(C(=O)CCc3ccccc3F)CC2)n1. The van der Waals surface area contributed by atoms with Gasteiger partial charge in [-0.1, -0.05) is 18.2 Å². The Balaban J connectivity index is 1.49. The molecule has 3 rings (SSSR count). The number of aryl methyl sites for hydroxylation is 2. The van der Waals surface area contributed by atoms with Crippen molar-refractivity contribution in [1.82, 2.24) is 9.88 Å². The monoisotopic (exact) mass is 333 g/mol. The molecule has 122 valence electrons. The second-order valence-corrected chi connectivity index (χ2v) is 6.57. The van der Waals surface area contributed by atoms with Gasteiger partial charge in [-0.05, 0) is 25.0 Å². The van der Waals surface area contributed by atoms with Crippen LogP contribution in [0.4, 0.5) is 9.52 Å². The van der Waals surface area contributed by atoms with E-state index >= 15 is 0 Å². The van der Waals surface area contributed by atoms with Crippen molar-refractivity contribution in [3.05, 3.63) is 46.7 Å². The summed E-state index contributed by atoms with van der Waals surface area (Å²) in [5.74, 6) is -0.132. The summed E-state index contributed by atoms with van der Waals surface area (Å²) in [6.07, 6.45) is 0.814. The third-order valence-electron chi connectivity index (χ3n) is 4.08. The van der Waals surface area contributed by atoms with E-state index in [2.05, 4.69) is 9.88 Å². The van der Waals surface area contributed by atoms with Crippen LogP contribution in [0.25, 0.3) is 0 Å². The van der Waals surface area contributed by atoms with Gasteiger partial charge in [0, 0.05) is 38.0 Å². The number of benzene rings is 1. The topological polar surface area (TPSA) is 36.4 Å². The van der Waals surface area contributed by atoms with Crippen molar-refractivity contribution in [1.29, 1.82) is 0 Å². The summed E-state index contributed by atoms with van der Waals surface area (Å²) in [7, 11) is 0. The standard InChI is InChI=1S/C17H20FN3OS/c1-13-12-23-17(19-13)21-10-8-20(9-11-21)16(22)7-6-14-4-2-3-5-15(14)18/h2-5,12H,6-11H2,1H3. The van der Waals surface area contributed by atoms with Crippen LogP contribution in [0.2, 0.25) is 0 Å². The van der Waals surface area contributed by atoms with E-state index in [0.29, 0.717) is 31.5 Å². The number of nitrogens with zero attached hydrogens (tertiary/aromatic N) is 3. The first kappa shape index (κ1) is 15.9. The van der Waals surface area contributed by atoms with Gasteiger partial charge in [0.15, 0.2) is 5.13 Å². The zero-order valence-corrected chi connectivity index (χ0v) is 14.0. The van der Waals surface area contributed by atoms with E-state index in [4.69, 9.17) is 0 Å². The molecule has 0 atom stereocenters. The Morgan fingerprint density at radius 2 is 2.00 bits per heavy atom. The molecular formula is C17H20FN3OS. The number of aromatic nitrogens is 1. The second-order valence-electron chi connectivity index (χ2n) is 5.73. The first-order valence-electron chi connectivity index (χ1n) is 7.82. The minimum Gasteiger partial charge on any atom is -0.345 e. The molecule has 23 heavy (non-hydrogen) atoms. The van der Waals surface area contributed by atoms with Gasteiger partial charge in [0.05, 0.1) is 5.69 Å². The molecule has 1 fully saturated rings. The molecular weight excluding hydrogens is 313 g/mol. The van der Waals surface area contributed by atoms with Gasteiger partial charge in [-0.25, -0.2) is 9.37 Å². The first-order valence-corrected chi connectivity index (χ1v) is 8.70.